The number of rotatable bonds is 4. The molecule has 18 heavy (non-hydrogen) atoms. The lowest BCUT2D eigenvalue weighted by molar-refractivity contribution is -0.149. The van der Waals surface area contributed by atoms with Crippen molar-refractivity contribution in [3.05, 3.63) is 29.8 Å². The van der Waals surface area contributed by atoms with Crippen molar-refractivity contribution in [3.8, 4) is 0 Å². The SMILES string of the molecule is COC(=O)C(C)(C)CS(=O)(=O)c1ccccc1C. The number of methoxy groups -OCH3 is 1. The zero-order valence-corrected chi connectivity index (χ0v) is 11.9. The number of sulfone groups is 1. The summed E-state index contributed by atoms with van der Waals surface area (Å²) in [6, 6.07) is 6.74. The van der Waals surface area contributed by atoms with Gasteiger partial charge >= 0.3 is 5.97 Å². The molecule has 100 valence electrons. The van der Waals surface area contributed by atoms with Crippen molar-refractivity contribution in [2.24, 2.45) is 5.41 Å². The average molecular weight is 270 g/mol. The molecule has 0 aromatic heterocycles. The Kier molecular flexibility index (Phi) is 4.16. The second-order valence-corrected chi connectivity index (χ2v) is 6.86. The first kappa shape index (κ1) is 14.7. The van der Waals surface area contributed by atoms with Gasteiger partial charge in [-0.15, -0.1) is 0 Å². The molecule has 0 radical (unpaired) electrons. The normalized spacial score (nSPS) is 12.2. The highest BCUT2D eigenvalue weighted by Gasteiger charge is 2.35. The Morgan fingerprint density at radius 1 is 1.28 bits per heavy atom. The highest BCUT2D eigenvalue weighted by atomic mass is 32.2. The minimum absolute atomic E-state index is 0.266. The lowest BCUT2D eigenvalue weighted by Crippen LogP contribution is -2.33. The molecule has 5 heteroatoms. The third-order valence-corrected chi connectivity index (χ3v) is 4.95. The predicted molar refractivity (Wildman–Crippen MR) is 69.0 cm³/mol. The van der Waals surface area contributed by atoms with Crippen molar-refractivity contribution in [2.75, 3.05) is 12.9 Å². The smallest absolute Gasteiger partial charge is 0.312 e. The summed E-state index contributed by atoms with van der Waals surface area (Å²) in [4.78, 5) is 11.8. The van der Waals surface area contributed by atoms with E-state index < -0.39 is 21.2 Å². The molecule has 0 saturated carbocycles. The summed E-state index contributed by atoms with van der Waals surface area (Å²) < 4.78 is 29.2. The Morgan fingerprint density at radius 3 is 2.33 bits per heavy atom. The van der Waals surface area contributed by atoms with Gasteiger partial charge in [-0.3, -0.25) is 4.79 Å². The molecule has 0 aliphatic rings. The number of esters is 1. The number of benzene rings is 1. The molecule has 0 spiro atoms. The number of carbonyl (C=O) groups excluding carboxylic acids is 1. The van der Waals surface area contributed by atoms with Crippen LogP contribution in [0.2, 0.25) is 0 Å². The topological polar surface area (TPSA) is 60.4 Å². The Hall–Kier alpha value is -1.36. The van der Waals surface area contributed by atoms with Crippen LogP contribution in [0.1, 0.15) is 19.4 Å². The molecule has 1 rings (SSSR count). The van der Waals surface area contributed by atoms with Gasteiger partial charge in [-0.2, -0.15) is 0 Å². The van der Waals surface area contributed by atoms with Crippen LogP contribution in [0.3, 0.4) is 0 Å². The molecule has 1 aromatic carbocycles. The summed E-state index contributed by atoms with van der Waals surface area (Å²) >= 11 is 0. The molecule has 0 bridgehead atoms. The molecule has 0 fully saturated rings. The van der Waals surface area contributed by atoms with Crippen molar-refractivity contribution in [1.29, 1.82) is 0 Å². The molecule has 1 aromatic rings. The van der Waals surface area contributed by atoms with E-state index in [1.165, 1.54) is 7.11 Å². The number of aryl methyl sites for hydroxylation is 1. The second-order valence-electron chi connectivity index (χ2n) is 4.90. The molecule has 0 aliphatic heterocycles. The Labute approximate surface area is 108 Å². The number of carbonyl (C=O) groups is 1. The van der Waals surface area contributed by atoms with Crippen LogP contribution < -0.4 is 0 Å². The first-order chi connectivity index (χ1) is 8.20. The van der Waals surface area contributed by atoms with Gasteiger partial charge in [-0.1, -0.05) is 18.2 Å². The zero-order chi connectivity index (χ0) is 14.0. The van der Waals surface area contributed by atoms with Gasteiger partial charge in [0.05, 0.1) is 23.2 Å². The lowest BCUT2D eigenvalue weighted by atomic mass is 9.97. The molecular weight excluding hydrogens is 252 g/mol. The Bertz CT molecular complexity index is 544. The minimum atomic E-state index is -3.50. The maximum atomic E-state index is 12.3. The van der Waals surface area contributed by atoms with Gasteiger partial charge in [0.1, 0.15) is 0 Å². The van der Waals surface area contributed by atoms with E-state index in [1.54, 1.807) is 45.0 Å². The second kappa shape index (κ2) is 5.10. The number of ether oxygens (including phenoxy) is 1. The van der Waals surface area contributed by atoms with E-state index in [0.29, 0.717) is 5.56 Å². The summed E-state index contributed by atoms with van der Waals surface area (Å²) in [6.45, 7) is 4.86. The van der Waals surface area contributed by atoms with Crippen LogP contribution in [0.25, 0.3) is 0 Å². The fraction of sp³-hybridized carbons (Fsp3) is 0.462. The van der Waals surface area contributed by atoms with Crippen molar-refractivity contribution < 1.29 is 17.9 Å². The predicted octanol–water partition coefficient (Wildman–Crippen LogP) is 1.97. The van der Waals surface area contributed by atoms with E-state index >= 15 is 0 Å². The van der Waals surface area contributed by atoms with Crippen LogP contribution in [-0.2, 0) is 19.4 Å². The average Bonchev–Trinajstić information content (AvgIpc) is 2.26. The summed E-state index contributed by atoms with van der Waals surface area (Å²) in [6.07, 6.45) is 0. The van der Waals surface area contributed by atoms with Crippen LogP contribution in [0.15, 0.2) is 29.2 Å². The van der Waals surface area contributed by atoms with Gasteiger partial charge in [-0.25, -0.2) is 8.42 Å². The van der Waals surface area contributed by atoms with Crippen LogP contribution in [0.5, 0.6) is 0 Å². The molecule has 0 atom stereocenters. The summed E-state index contributed by atoms with van der Waals surface area (Å²) in [5.74, 6) is -0.794. The largest absolute Gasteiger partial charge is 0.469 e. The first-order valence-electron chi connectivity index (χ1n) is 5.57. The molecule has 4 nitrogen and oxygen atoms in total. The van der Waals surface area contributed by atoms with Gasteiger partial charge in [0.15, 0.2) is 9.84 Å². The molecule has 0 N–H and O–H groups in total. The van der Waals surface area contributed by atoms with Crippen molar-refractivity contribution in [2.45, 2.75) is 25.7 Å². The number of hydrogen-bond donors (Lipinski definition) is 0. The Balaban J connectivity index is 3.11. The van der Waals surface area contributed by atoms with E-state index in [-0.39, 0.29) is 10.6 Å². The van der Waals surface area contributed by atoms with E-state index in [9.17, 15) is 13.2 Å². The van der Waals surface area contributed by atoms with E-state index in [4.69, 9.17) is 0 Å². The van der Waals surface area contributed by atoms with E-state index in [2.05, 4.69) is 4.74 Å². The van der Waals surface area contributed by atoms with Crippen LogP contribution >= 0.6 is 0 Å². The van der Waals surface area contributed by atoms with Gasteiger partial charge in [0.25, 0.3) is 0 Å². The minimum Gasteiger partial charge on any atom is -0.469 e. The van der Waals surface area contributed by atoms with E-state index in [0.717, 1.165) is 0 Å². The van der Waals surface area contributed by atoms with Crippen molar-refractivity contribution >= 4 is 15.8 Å². The van der Waals surface area contributed by atoms with Gasteiger partial charge in [-0.05, 0) is 32.4 Å². The lowest BCUT2D eigenvalue weighted by Gasteiger charge is -2.21. The third-order valence-electron chi connectivity index (χ3n) is 2.72. The quantitative estimate of drug-likeness (QED) is 0.785. The standard InChI is InChI=1S/C13H18O4S/c1-10-7-5-6-8-11(10)18(15,16)9-13(2,3)12(14)17-4/h5-8H,9H2,1-4H3. The van der Waals surface area contributed by atoms with Crippen LogP contribution in [-0.4, -0.2) is 27.2 Å². The van der Waals surface area contributed by atoms with Crippen molar-refractivity contribution in [1.82, 2.24) is 0 Å². The van der Waals surface area contributed by atoms with Crippen molar-refractivity contribution in [3.63, 3.8) is 0 Å². The van der Waals surface area contributed by atoms with Gasteiger partial charge in [0, 0.05) is 0 Å². The molecule has 0 unspecified atom stereocenters. The third kappa shape index (κ3) is 3.10. The Morgan fingerprint density at radius 2 is 1.83 bits per heavy atom. The molecular formula is C13H18O4S. The molecule has 0 aliphatic carbocycles. The maximum absolute atomic E-state index is 12.3. The summed E-state index contributed by atoms with van der Waals surface area (Å²) in [7, 11) is -2.25. The monoisotopic (exact) mass is 270 g/mol. The number of hydrogen-bond acceptors (Lipinski definition) is 4. The zero-order valence-electron chi connectivity index (χ0n) is 11.1. The summed E-state index contributed by atoms with van der Waals surface area (Å²) in [5.41, 5.74) is -0.381. The van der Waals surface area contributed by atoms with Gasteiger partial charge in [0.2, 0.25) is 0 Å². The fourth-order valence-electron chi connectivity index (χ4n) is 1.79. The molecule has 0 saturated heterocycles. The summed E-state index contributed by atoms with van der Waals surface area (Å²) in [5, 5.41) is 0. The van der Waals surface area contributed by atoms with Crippen LogP contribution in [0, 0.1) is 12.3 Å². The first-order valence-corrected chi connectivity index (χ1v) is 7.23. The molecule has 0 amide bonds. The highest BCUT2D eigenvalue weighted by molar-refractivity contribution is 7.91. The fourth-order valence-corrected chi connectivity index (χ4v) is 3.86. The maximum Gasteiger partial charge on any atom is 0.312 e. The highest BCUT2D eigenvalue weighted by Crippen LogP contribution is 2.25. The molecule has 0 heterocycles. The van der Waals surface area contributed by atoms with E-state index in [1.807, 2.05) is 0 Å². The van der Waals surface area contributed by atoms with Crippen LogP contribution in [0.4, 0.5) is 0 Å². The van der Waals surface area contributed by atoms with Gasteiger partial charge < -0.3 is 4.74 Å².